The quantitative estimate of drug-likeness (QED) is 0.512. The van der Waals surface area contributed by atoms with Gasteiger partial charge in [0.1, 0.15) is 0 Å². The largest absolute Gasteiger partial charge is 0.393 e. The molecule has 1 amide bonds. The van der Waals surface area contributed by atoms with Crippen molar-refractivity contribution in [1.29, 1.82) is 0 Å². The molecule has 2 N–H and O–H groups in total. The molecule has 5 nitrogen and oxygen atoms in total. The normalized spacial score (nSPS) is 56.1. The van der Waals surface area contributed by atoms with Gasteiger partial charge in [0, 0.05) is 25.4 Å². The van der Waals surface area contributed by atoms with Crippen LogP contribution in [0.4, 0.5) is 0 Å². The molecule has 6 aliphatic carbocycles. The molecule has 7 aliphatic rings. The van der Waals surface area contributed by atoms with Crippen LogP contribution < -0.4 is 0 Å². The highest BCUT2D eigenvalue weighted by Gasteiger charge is 2.84. The molecule has 5 unspecified atom stereocenters. The van der Waals surface area contributed by atoms with E-state index in [4.69, 9.17) is 4.74 Å². The summed E-state index contributed by atoms with van der Waals surface area (Å²) in [5, 5.41) is 23.3. The number of nitrogens with zero attached hydrogens (tertiary/aromatic N) is 1. The molecule has 0 radical (unpaired) electrons. The lowest BCUT2D eigenvalue weighted by atomic mass is 9.41. The molecule has 1 heterocycles. The molecule has 214 valence electrons. The van der Waals surface area contributed by atoms with Crippen LogP contribution >= 0.6 is 0 Å². The Morgan fingerprint density at radius 1 is 0.921 bits per heavy atom. The number of hydrogen-bond acceptors (Lipinski definition) is 4. The SMILES string of the molecule is CC(=O)N(CC1CC1)C[C@@H]1C[C@@H](C)[C@H]2[C@@H](O1)[C@H](O)[C@@]1(C)C3CC[C@H]4C(C)(C)C(O)CCC45CC35CCC21C. The molecule has 0 aromatic heterocycles. The van der Waals surface area contributed by atoms with Crippen molar-refractivity contribution >= 4 is 5.91 Å². The van der Waals surface area contributed by atoms with Gasteiger partial charge in [-0.25, -0.2) is 0 Å². The fraction of sp³-hybridized carbons (Fsp3) is 0.970. The van der Waals surface area contributed by atoms with Gasteiger partial charge in [-0.3, -0.25) is 4.79 Å². The summed E-state index contributed by atoms with van der Waals surface area (Å²) in [4.78, 5) is 14.5. The first-order chi connectivity index (χ1) is 17.8. The number of carbonyl (C=O) groups excluding carboxylic acids is 1. The molecule has 12 atom stereocenters. The third-order valence-corrected chi connectivity index (χ3v) is 14.9. The van der Waals surface area contributed by atoms with Crippen molar-refractivity contribution in [1.82, 2.24) is 4.90 Å². The van der Waals surface area contributed by atoms with E-state index in [2.05, 4.69) is 34.6 Å². The molecule has 0 aromatic carbocycles. The van der Waals surface area contributed by atoms with Gasteiger partial charge in [-0.05, 0) is 115 Å². The summed E-state index contributed by atoms with van der Waals surface area (Å²) in [7, 11) is 0. The Hall–Kier alpha value is -0.650. The number of aliphatic hydroxyl groups excluding tert-OH is 2. The number of carbonyl (C=O) groups is 1. The summed E-state index contributed by atoms with van der Waals surface area (Å²) in [5.74, 6) is 2.84. The fourth-order valence-corrected chi connectivity index (χ4v) is 12.7. The van der Waals surface area contributed by atoms with E-state index in [1.165, 1.54) is 51.4 Å². The lowest BCUT2D eigenvalue weighted by molar-refractivity contribution is -0.182. The third kappa shape index (κ3) is 3.08. The Balaban J connectivity index is 1.18. The fourth-order valence-electron chi connectivity index (χ4n) is 12.7. The Morgan fingerprint density at radius 3 is 2.29 bits per heavy atom. The van der Waals surface area contributed by atoms with Crippen LogP contribution in [-0.4, -0.2) is 58.5 Å². The van der Waals surface area contributed by atoms with E-state index in [0.29, 0.717) is 47.0 Å². The highest BCUT2D eigenvalue weighted by Crippen LogP contribution is 2.89. The second-order valence-electron chi connectivity index (χ2n) is 16.5. The van der Waals surface area contributed by atoms with E-state index in [0.717, 1.165) is 19.4 Å². The van der Waals surface area contributed by atoms with Gasteiger partial charge in [0.05, 0.1) is 24.4 Å². The van der Waals surface area contributed by atoms with E-state index in [1.807, 2.05) is 4.90 Å². The highest BCUT2D eigenvalue weighted by atomic mass is 16.5. The van der Waals surface area contributed by atoms with Crippen molar-refractivity contribution in [3.63, 3.8) is 0 Å². The van der Waals surface area contributed by atoms with Gasteiger partial charge >= 0.3 is 0 Å². The zero-order chi connectivity index (χ0) is 27.0. The van der Waals surface area contributed by atoms with Gasteiger partial charge < -0.3 is 19.8 Å². The lowest BCUT2D eigenvalue weighted by Gasteiger charge is -2.63. The van der Waals surface area contributed by atoms with E-state index in [-0.39, 0.29) is 40.5 Å². The van der Waals surface area contributed by atoms with Gasteiger partial charge in [0.15, 0.2) is 0 Å². The maximum atomic E-state index is 12.4. The Morgan fingerprint density at radius 2 is 1.61 bits per heavy atom. The maximum Gasteiger partial charge on any atom is 0.219 e. The van der Waals surface area contributed by atoms with Crippen LogP contribution in [0.25, 0.3) is 0 Å². The lowest BCUT2D eigenvalue weighted by Crippen LogP contribution is -2.59. The second-order valence-corrected chi connectivity index (χ2v) is 16.5. The van der Waals surface area contributed by atoms with Gasteiger partial charge in [-0.1, -0.05) is 34.6 Å². The van der Waals surface area contributed by atoms with Gasteiger partial charge in [0.25, 0.3) is 0 Å². The maximum absolute atomic E-state index is 12.4. The minimum absolute atomic E-state index is 0.00937. The van der Waals surface area contributed by atoms with Crippen molar-refractivity contribution < 1.29 is 19.7 Å². The number of hydrogen-bond donors (Lipinski definition) is 2. The van der Waals surface area contributed by atoms with Gasteiger partial charge in [0.2, 0.25) is 5.91 Å². The van der Waals surface area contributed by atoms with Crippen LogP contribution in [0.2, 0.25) is 0 Å². The summed E-state index contributed by atoms with van der Waals surface area (Å²) in [6, 6.07) is 0. The number of ether oxygens (including phenoxy) is 1. The zero-order valence-corrected chi connectivity index (χ0v) is 24.8. The second kappa shape index (κ2) is 8.00. The molecular weight excluding hydrogens is 474 g/mol. The predicted molar refractivity (Wildman–Crippen MR) is 147 cm³/mol. The van der Waals surface area contributed by atoms with E-state index in [9.17, 15) is 15.0 Å². The number of amides is 1. The molecular formula is C33H53NO4. The first kappa shape index (κ1) is 26.3. The summed E-state index contributed by atoms with van der Waals surface area (Å²) >= 11 is 0. The van der Waals surface area contributed by atoms with E-state index >= 15 is 0 Å². The first-order valence-corrected chi connectivity index (χ1v) is 16.1. The zero-order valence-electron chi connectivity index (χ0n) is 24.8. The summed E-state index contributed by atoms with van der Waals surface area (Å²) in [5.41, 5.74) is 0.633. The molecule has 2 spiro atoms. The minimum atomic E-state index is -0.449. The van der Waals surface area contributed by atoms with Crippen LogP contribution in [0, 0.1) is 56.7 Å². The number of rotatable bonds is 4. The topological polar surface area (TPSA) is 70.0 Å². The summed E-state index contributed by atoms with van der Waals surface area (Å²) in [6.07, 6.45) is 11.0. The molecule has 5 heteroatoms. The Labute approximate surface area is 230 Å². The molecule has 1 saturated heterocycles. The highest BCUT2D eigenvalue weighted by molar-refractivity contribution is 5.73. The average molecular weight is 528 g/mol. The molecule has 38 heavy (non-hydrogen) atoms. The number of fused-ring (bicyclic) bond motifs is 4. The summed E-state index contributed by atoms with van der Waals surface area (Å²) < 4.78 is 6.90. The van der Waals surface area contributed by atoms with Crippen LogP contribution in [0.1, 0.15) is 106 Å². The van der Waals surface area contributed by atoms with E-state index < -0.39 is 6.10 Å². The van der Waals surface area contributed by atoms with Crippen molar-refractivity contribution in [2.45, 2.75) is 130 Å². The first-order valence-electron chi connectivity index (χ1n) is 16.1. The van der Waals surface area contributed by atoms with Crippen LogP contribution in [-0.2, 0) is 9.53 Å². The molecule has 6 saturated carbocycles. The third-order valence-electron chi connectivity index (χ3n) is 14.9. The van der Waals surface area contributed by atoms with Crippen molar-refractivity contribution in [3.05, 3.63) is 0 Å². The molecule has 0 aromatic rings. The molecule has 7 fully saturated rings. The molecule has 7 rings (SSSR count). The number of aliphatic hydroxyl groups is 2. The Kier molecular flexibility index (Phi) is 5.53. The van der Waals surface area contributed by atoms with E-state index in [1.54, 1.807) is 6.92 Å². The predicted octanol–water partition coefficient (Wildman–Crippen LogP) is 5.42. The van der Waals surface area contributed by atoms with Gasteiger partial charge in [-0.2, -0.15) is 0 Å². The van der Waals surface area contributed by atoms with Crippen molar-refractivity contribution in [2.24, 2.45) is 56.7 Å². The smallest absolute Gasteiger partial charge is 0.219 e. The molecule has 1 aliphatic heterocycles. The van der Waals surface area contributed by atoms with Crippen LogP contribution in [0.5, 0.6) is 0 Å². The minimum Gasteiger partial charge on any atom is -0.393 e. The van der Waals surface area contributed by atoms with Gasteiger partial charge in [-0.15, -0.1) is 0 Å². The monoisotopic (exact) mass is 527 g/mol. The van der Waals surface area contributed by atoms with Crippen molar-refractivity contribution in [2.75, 3.05) is 13.1 Å². The van der Waals surface area contributed by atoms with Crippen LogP contribution in [0.15, 0.2) is 0 Å². The average Bonchev–Trinajstić information content (AvgIpc) is 3.76. The van der Waals surface area contributed by atoms with Crippen molar-refractivity contribution in [3.8, 4) is 0 Å². The standard InChI is InChI=1S/C33H53NO4/c1-19-15-22(17-34(20(2)35)16-21-7-8-21)38-27-26(19)30(5)13-14-33-18-32(33)12-11-25(36)29(3,4)23(32)9-10-24(33)31(30,6)28(27)37/h19,21-28,36-37H,7-18H2,1-6H3/t19-,22+,23+,24?,25?,26+,27-,28+,30?,31-,32?,33?/m1/s1. The van der Waals surface area contributed by atoms with Crippen LogP contribution in [0.3, 0.4) is 0 Å². The Bertz CT molecular complexity index is 1010. The molecule has 0 bridgehead atoms. The summed E-state index contributed by atoms with van der Waals surface area (Å²) in [6.45, 7) is 15.3.